The molecule has 2 aromatic carbocycles. The minimum Gasteiger partial charge on any atom is -0.476 e. The molecule has 0 unspecified atom stereocenters. The van der Waals surface area contributed by atoms with E-state index in [-0.39, 0.29) is 18.2 Å². The van der Waals surface area contributed by atoms with Gasteiger partial charge in [0.25, 0.3) is 5.88 Å². The average molecular weight is 341 g/mol. The molecule has 0 saturated carbocycles. The molecule has 0 amide bonds. The lowest BCUT2D eigenvalue weighted by Crippen LogP contribution is -2.41. The molecule has 0 atom stereocenters. The number of ether oxygens (including phenoxy) is 1. The number of aromatic nitrogens is 3. The smallest absolute Gasteiger partial charge is 0.352 e. The molecule has 0 aliphatic carbocycles. The van der Waals surface area contributed by atoms with Crippen molar-refractivity contribution < 1.29 is 9.13 Å². The quantitative estimate of drug-likeness (QED) is 0.710. The van der Waals surface area contributed by atoms with Gasteiger partial charge in [0, 0.05) is 6.54 Å². The number of halogens is 1. The molecule has 0 N–H and O–H groups in total. The second-order valence-corrected chi connectivity index (χ2v) is 5.37. The van der Waals surface area contributed by atoms with Crippen LogP contribution < -0.4 is 16.0 Å². The zero-order valence-electron chi connectivity index (χ0n) is 13.6. The summed E-state index contributed by atoms with van der Waals surface area (Å²) in [5.74, 6) is -0.500. The highest BCUT2D eigenvalue weighted by atomic mass is 19.1. The number of aryl methyl sites for hydroxylation is 1. The SMILES string of the molecule is COc1nn(-c2ccccc2)c(=O)n(CCc2ccc(F)cc2)c1=O. The molecule has 3 rings (SSSR count). The Morgan fingerprint density at radius 1 is 1.04 bits per heavy atom. The second-order valence-electron chi connectivity index (χ2n) is 5.37. The first-order valence-corrected chi connectivity index (χ1v) is 7.68. The van der Waals surface area contributed by atoms with Gasteiger partial charge in [-0.3, -0.25) is 9.36 Å². The number of methoxy groups -OCH3 is 1. The van der Waals surface area contributed by atoms with E-state index in [1.54, 1.807) is 36.4 Å². The molecule has 0 fully saturated rings. The number of benzene rings is 2. The molecule has 25 heavy (non-hydrogen) atoms. The number of para-hydroxylation sites is 1. The molecule has 7 heteroatoms. The van der Waals surface area contributed by atoms with E-state index in [1.165, 1.54) is 19.2 Å². The predicted molar refractivity (Wildman–Crippen MR) is 90.8 cm³/mol. The molecule has 3 aromatic rings. The van der Waals surface area contributed by atoms with Gasteiger partial charge in [0.05, 0.1) is 12.8 Å². The van der Waals surface area contributed by atoms with Crippen molar-refractivity contribution >= 4 is 0 Å². The van der Waals surface area contributed by atoms with Crippen molar-refractivity contribution in [1.29, 1.82) is 0 Å². The van der Waals surface area contributed by atoms with Crippen molar-refractivity contribution in [1.82, 2.24) is 14.3 Å². The Bertz CT molecular complexity index is 979. The molecule has 0 bridgehead atoms. The van der Waals surface area contributed by atoms with Crippen LogP contribution in [0.4, 0.5) is 4.39 Å². The average Bonchev–Trinajstić information content (AvgIpc) is 2.64. The third-order valence-corrected chi connectivity index (χ3v) is 3.76. The van der Waals surface area contributed by atoms with Gasteiger partial charge in [-0.05, 0) is 36.2 Å². The van der Waals surface area contributed by atoms with E-state index in [4.69, 9.17) is 4.74 Å². The number of hydrogen-bond acceptors (Lipinski definition) is 4. The summed E-state index contributed by atoms with van der Waals surface area (Å²) in [6.07, 6.45) is 0.400. The van der Waals surface area contributed by atoms with Crippen LogP contribution in [0, 0.1) is 5.82 Å². The van der Waals surface area contributed by atoms with Gasteiger partial charge in [0.15, 0.2) is 0 Å². The number of rotatable bonds is 5. The first kappa shape index (κ1) is 16.6. The summed E-state index contributed by atoms with van der Waals surface area (Å²) in [4.78, 5) is 25.1. The molecule has 0 radical (unpaired) electrons. The largest absolute Gasteiger partial charge is 0.476 e. The second kappa shape index (κ2) is 7.12. The van der Waals surface area contributed by atoms with Crippen LogP contribution in [0.25, 0.3) is 5.69 Å². The minimum absolute atomic E-state index is 0.134. The highest BCUT2D eigenvalue weighted by molar-refractivity contribution is 5.29. The molecule has 1 aromatic heterocycles. The van der Waals surface area contributed by atoms with Crippen LogP contribution in [-0.2, 0) is 13.0 Å². The minimum atomic E-state index is -0.596. The molecule has 6 nitrogen and oxygen atoms in total. The number of hydrogen-bond donors (Lipinski definition) is 0. The van der Waals surface area contributed by atoms with Gasteiger partial charge in [-0.25, -0.2) is 9.18 Å². The van der Waals surface area contributed by atoms with Gasteiger partial charge in [-0.15, -0.1) is 5.10 Å². The lowest BCUT2D eigenvalue weighted by atomic mass is 10.1. The van der Waals surface area contributed by atoms with Gasteiger partial charge in [0.1, 0.15) is 5.82 Å². The van der Waals surface area contributed by atoms with Crippen LogP contribution in [0.15, 0.2) is 64.2 Å². The van der Waals surface area contributed by atoms with Gasteiger partial charge >= 0.3 is 11.2 Å². The molecule has 128 valence electrons. The fourth-order valence-corrected chi connectivity index (χ4v) is 2.45. The maximum absolute atomic E-state index is 13.0. The van der Waals surface area contributed by atoms with E-state index < -0.39 is 11.2 Å². The first-order valence-electron chi connectivity index (χ1n) is 7.68. The van der Waals surface area contributed by atoms with Crippen molar-refractivity contribution in [3.05, 3.63) is 86.8 Å². The van der Waals surface area contributed by atoms with Crippen molar-refractivity contribution in [3.8, 4) is 11.6 Å². The molecular formula is C18H16FN3O3. The standard InChI is InChI=1S/C18H16FN3O3/c1-25-16-17(23)21(12-11-13-7-9-14(19)10-8-13)18(24)22(20-16)15-5-3-2-4-6-15/h2-10H,11-12H2,1H3. The van der Waals surface area contributed by atoms with Crippen molar-refractivity contribution in [2.24, 2.45) is 0 Å². The zero-order valence-corrected chi connectivity index (χ0v) is 13.6. The van der Waals surface area contributed by atoms with Crippen LogP contribution in [0.5, 0.6) is 5.88 Å². The Balaban J connectivity index is 2.01. The summed E-state index contributed by atoms with van der Waals surface area (Å²) in [7, 11) is 1.33. The molecular weight excluding hydrogens is 325 g/mol. The maximum atomic E-state index is 13.0. The fourth-order valence-electron chi connectivity index (χ4n) is 2.45. The summed E-state index contributed by atoms with van der Waals surface area (Å²) in [6.45, 7) is 0.134. The fraction of sp³-hybridized carbons (Fsp3) is 0.167. The summed E-state index contributed by atoms with van der Waals surface area (Å²) in [6, 6.07) is 14.7. The van der Waals surface area contributed by atoms with Crippen LogP contribution in [-0.4, -0.2) is 21.5 Å². The number of nitrogens with zero attached hydrogens (tertiary/aromatic N) is 3. The monoisotopic (exact) mass is 341 g/mol. The van der Waals surface area contributed by atoms with Crippen molar-refractivity contribution in [2.45, 2.75) is 13.0 Å². The summed E-state index contributed by atoms with van der Waals surface area (Å²) in [5.41, 5.74) is 0.192. The Labute approximate surface area is 142 Å². The Kier molecular flexibility index (Phi) is 4.74. The Hall–Kier alpha value is -3.22. The third-order valence-electron chi connectivity index (χ3n) is 3.76. The molecule has 0 aliphatic heterocycles. The maximum Gasteiger partial charge on any atom is 0.352 e. The molecule has 0 saturated heterocycles. The summed E-state index contributed by atoms with van der Waals surface area (Å²) >= 11 is 0. The van der Waals surface area contributed by atoms with E-state index in [0.717, 1.165) is 14.8 Å². The van der Waals surface area contributed by atoms with E-state index in [1.807, 2.05) is 6.07 Å². The lowest BCUT2D eigenvalue weighted by Gasteiger charge is -2.11. The van der Waals surface area contributed by atoms with Crippen LogP contribution in [0.3, 0.4) is 0 Å². The summed E-state index contributed by atoms with van der Waals surface area (Å²) in [5, 5.41) is 3.99. The molecule has 0 aliphatic rings. The predicted octanol–water partition coefficient (Wildman–Crippen LogP) is 1.78. The van der Waals surface area contributed by atoms with Gasteiger partial charge in [-0.1, -0.05) is 30.3 Å². The van der Waals surface area contributed by atoms with Crippen LogP contribution in [0.1, 0.15) is 5.56 Å². The lowest BCUT2D eigenvalue weighted by molar-refractivity contribution is 0.365. The molecule has 1 heterocycles. The zero-order chi connectivity index (χ0) is 17.8. The summed E-state index contributed by atoms with van der Waals surface area (Å²) < 4.78 is 20.2. The normalized spacial score (nSPS) is 10.6. The van der Waals surface area contributed by atoms with E-state index in [2.05, 4.69) is 5.10 Å². The van der Waals surface area contributed by atoms with E-state index >= 15 is 0 Å². The molecule has 0 spiro atoms. The van der Waals surface area contributed by atoms with E-state index in [9.17, 15) is 14.0 Å². The Morgan fingerprint density at radius 3 is 2.36 bits per heavy atom. The topological polar surface area (TPSA) is 66.1 Å². The van der Waals surface area contributed by atoms with Crippen LogP contribution >= 0.6 is 0 Å². The van der Waals surface area contributed by atoms with Gasteiger partial charge in [-0.2, -0.15) is 4.68 Å². The third kappa shape index (κ3) is 3.50. The highest BCUT2D eigenvalue weighted by Crippen LogP contribution is 2.06. The van der Waals surface area contributed by atoms with Crippen molar-refractivity contribution in [2.75, 3.05) is 7.11 Å². The van der Waals surface area contributed by atoms with Gasteiger partial charge < -0.3 is 4.74 Å². The van der Waals surface area contributed by atoms with E-state index in [0.29, 0.717) is 12.1 Å². The van der Waals surface area contributed by atoms with Crippen molar-refractivity contribution in [3.63, 3.8) is 0 Å². The van der Waals surface area contributed by atoms with Gasteiger partial charge in [0.2, 0.25) is 0 Å². The first-order chi connectivity index (χ1) is 12.1. The highest BCUT2D eigenvalue weighted by Gasteiger charge is 2.14. The Morgan fingerprint density at radius 2 is 1.72 bits per heavy atom. The van der Waals surface area contributed by atoms with Crippen LogP contribution in [0.2, 0.25) is 0 Å².